The molecule has 2 saturated heterocycles. The molecule has 1 atom stereocenters. The number of halogens is 1. The molecule has 1 unspecified atom stereocenters. The van der Waals surface area contributed by atoms with Gasteiger partial charge >= 0.3 is 0 Å². The van der Waals surface area contributed by atoms with Crippen LogP contribution in [0.1, 0.15) is 19.3 Å². The first kappa shape index (κ1) is 12.8. The highest BCUT2D eigenvalue weighted by molar-refractivity contribution is 5.85. The Bertz CT molecular complexity index is 210. The second-order valence-corrected chi connectivity index (χ2v) is 4.57. The van der Waals surface area contributed by atoms with Gasteiger partial charge in [0.15, 0.2) is 0 Å². The second-order valence-electron chi connectivity index (χ2n) is 4.57. The van der Waals surface area contributed by atoms with Crippen molar-refractivity contribution < 1.29 is 0 Å². The Morgan fingerprint density at radius 3 is 2.47 bits per heavy atom. The molecule has 2 aliphatic heterocycles. The average molecular weight is 229 g/mol. The molecule has 2 nitrogen and oxygen atoms in total. The highest BCUT2D eigenvalue weighted by atomic mass is 35.5. The van der Waals surface area contributed by atoms with E-state index >= 15 is 0 Å². The molecule has 0 saturated carbocycles. The zero-order valence-electron chi connectivity index (χ0n) is 9.24. The predicted octanol–water partition coefficient (Wildman–Crippen LogP) is 1.36. The summed E-state index contributed by atoms with van der Waals surface area (Å²) >= 11 is 0. The number of likely N-dealkylation sites (tertiary alicyclic amines) is 1. The zero-order valence-corrected chi connectivity index (χ0v) is 10.1. The van der Waals surface area contributed by atoms with Gasteiger partial charge in [0.1, 0.15) is 0 Å². The summed E-state index contributed by atoms with van der Waals surface area (Å²) in [5, 5.41) is 3.46. The van der Waals surface area contributed by atoms with Crippen molar-refractivity contribution >= 4 is 12.4 Å². The fourth-order valence-corrected chi connectivity index (χ4v) is 2.79. The fourth-order valence-electron chi connectivity index (χ4n) is 2.79. The Kier molecular flexibility index (Phi) is 5.45. The molecule has 0 spiro atoms. The van der Waals surface area contributed by atoms with Crippen LogP contribution in [-0.2, 0) is 0 Å². The van der Waals surface area contributed by atoms with Gasteiger partial charge in [0.05, 0.1) is 6.54 Å². The van der Waals surface area contributed by atoms with E-state index in [1.165, 1.54) is 45.4 Å². The smallest absolute Gasteiger partial charge is 0.0598 e. The van der Waals surface area contributed by atoms with Crippen LogP contribution in [0.5, 0.6) is 0 Å². The van der Waals surface area contributed by atoms with Gasteiger partial charge in [-0.1, -0.05) is 5.92 Å². The first-order valence-electron chi connectivity index (χ1n) is 5.76. The summed E-state index contributed by atoms with van der Waals surface area (Å²) in [5.74, 6) is 4.64. The third-order valence-corrected chi connectivity index (χ3v) is 3.71. The van der Waals surface area contributed by atoms with Crippen molar-refractivity contribution in [3.8, 4) is 12.3 Å². The summed E-state index contributed by atoms with van der Waals surface area (Å²) < 4.78 is 0. The van der Waals surface area contributed by atoms with E-state index in [4.69, 9.17) is 6.42 Å². The summed E-state index contributed by atoms with van der Waals surface area (Å²) in [4.78, 5) is 2.40. The van der Waals surface area contributed by atoms with E-state index in [0.29, 0.717) is 0 Å². The Morgan fingerprint density at radius 1 is 1.20 bits per heavy atom. The lowest BCUT2D eigenvalue weighted by Crippen LogP contribution is -2.36. The molecule has 2 aliphatic rings. The van der Waals surface area contributed by atoms with Gasteiger partial charge in [0, 0.05) is 0 Å². The Morgan fingerprint density at radius 2 is 1.93 bits per heavy atom. The van der Waals surface area contributed by atoms with E-state index in [9.17, 15) is 0 Å². The van der Waals surface area contributed by atoms with Crippen LogP contribution in [0.3, 0.4) is 0 Å². The first-order chi connectivity index (χ1) is 6.90. The minimum atomic E-state index is 0. The van der Waals surface area contributed by atoms with Crippen LogP contribution in [0.2, 0.25) is 0 Å². The topological polar surface area (TPSA) is 15.3 Å². The van der Waals surface area contributed by atoms with Crippen molar-refractivity contribution in [2.24, 2.45) is 11.8 Å². The normalized spacial score (nSPS) is 28.3. The van der Waals surface area contributed by atoms with Crippen molar-refractivity contribution in [3.63, 3.8) is 0 Å². The van der Waals surface area contributed by atoms with Crippen molar-refractivity contribution in [2.45, 2.75) is 19.3 Å². The maximum absolute atomic E-state index is 5.31. The van der Waals surface area contributed by atoms with Gasteiger partial charge in [-0.05, 0) is 57.3 Å². The van der Waals surface area contributed by atoms with Crippen LogP contribution in [-0.4, -0.2) is 37.6 Å². The predicted molar refractivity (Wildman–Crippen MR) is 66.2 cm³/mol. The molecule has 2 heterocycles. The second kappa shape index (κ2) is 6.37. The van der Waals surface area contributed by atoms with Crippen molar-refractivity contribution in [1.29, 1.82) is 0 Å². The fraction of sp³-hybridized carbons (Fsp3) is 0.833. The lowest BCUT2D eigenvalue weighted by molar-refractivity contribution is 0.166. The van der Waals surface area contributed by atoms with Gasteiger partial charge in [-0.25, -0.2) is 0 Å². The molecular weight excluding hydrogens is 208 g/mol. The molecule has 15 heavy (non-hydrogen) atoms. The molecule has 86 valence electrons. The Labute approximate surface area is 99.2 Å². The number of piperidine rings is 1. The highest BCUT2D eigenvalue weighted by Gasteiger charge is 2.27. The number of hydrogen-bond acceptors (Lipinski definition) is 2. The number of rotatable bonds is 2. The number of nitrogens with one attached hydrogen (secondary N) is 1. The van der Waals surface area contributed by atoms with Crippen molar-refractivity contribution in [3.05, 3.63) is 0 Å². The van der Waals surface area contributed by atoms with Gasteiger partial charge in [0.25, 0.3) is 0 Å². The number of nitrogens with zero attached hydrogens (tertiary/aromatic N) is 1. The zero-order chi connectivity index (χ0) is 9.80. The molecule has 2 fully saturated rings. The van der Waals surface area contributed by atoms with Crippen LogP contribution in [0, 0.1) is 24.2 Å². The number of hydrogen-bond donors (Lipinski definition) is 1. The lowest BCUT2D eigenvalue weighted by atomic mass is 9.84. The summed E-state index contributed by atoms with van der Waals surface area (Å²) in [7, 11) is 0. The third-order valence-electron chi connectivity index (χ3n) is 3.71. The average Bonchev–Trinajstić information content (AvgIpc) is 2.72. The molecule has 0 radical (unpaired) electrons. The number of terminal acetylenes is 1. The van der Waals surface area contributed by atoms with Crippen LogP contribution in [0.25, 0.3) is 0 Å². The Hall–Kier alpha value is -0.230. The van der Waals surface area contributed by atoms with E-state index in [2.05, 4.69) is 16.1 Å². The molecule has 0 aromatic heterocycles. The Balaban J connectivity index is 0.00000112. The molecule has 2 rings (SSSR count). The van der Waals surface area contributed by atoms with E-state index in [0.717, 1.165) is 18.4 Å². The maximum Gasteiger partial charge on any atom is 0.0598 e. The molecule has 0 aliphatic carbocycles. The monoisotopic (exact) mass is 228 g/mol. The summed E-state index contributed by atoms with van der Waals surface area (Å²) in [6, 6.07) is 0. The molecule has 0 bridgehead atoms. The van der Waals surface area contributed by atoms with E-state index in [1.807, 2.05) is 0 Å². The summed E-state index contributed by atoms with van der Waals surface area (Å²) in [5.41, 5.74) is 0. The van der Waals surface area contributed by atoms with Gasteiger partial charge in [-0.2, -0.15) is 0 Å². The van der Waals surface area contributed by atoms with Gasteiger partial charge in [-0.3, -0.25) is 4.90 Å². The molecule has 0 aromatic rings. The van der Waals surface area contributed by atoms with Crippen LogP contribution < -0.4 is 5.32 Å². The van der Waals surface area contributed by atoms with E-state index in [1.54, 1.807) is 0 Å². The van der Waals surface area contributed by atoms with Crippen molar-refractivity contribution in [2.75, 3.05) is 32.7 Å². The first-order valence-corrected chi connectivity index (χ1v) is 5.76. The van der Waals surface area contributed by atoms with Crippen LogP contribution in [0.4, 0.5) is 0 Å². The van der Waals surface area contributed by atoms with Gasteiger partial charge in [0.2, 0.25) is 0 Å². The van der Waals surface area contributed by atoms with Crippen LogP contribution in [0.15, 0.2) is 0 Å². The summed E-state index contributed by atoms with van der Waals surface area (Å²) in [6.07, 6.45) is 9.41. The SMILES string of the molecule is C#CCN1CCC(C2CCNC2)CC1.Cl. The quantitative estimate of drug-likeness (QED) is 0.719. The summed E-state index contributed by atoms with van der Waals surface area (Å²) in [6.45, 7) is 5.75. The molecule has 3 heteroatoms. The highest BCUT2D eigenvalue weighted by Crippen LogP contribution is 2.28. The minimum Gasteiger partial charge on any atom is -0.316 e. The van der Waals surface area contributed by atoms with Gasteiger partial charge < -0.3 is 5.32 Å². The van der Waals surface area contributed by atoms with Crippen molar-refractivity contribution in [1.82, 2.24) is 10.2 Å². The molecule has 0 aromatic carbocycles. The molecule has 0 amide bonds. The lowest BCUT2D eigenvalue weighted by Gasteiger charge is -2.33. The standard InChI is InChI=1S/C12H20N2.ClH/c1-2-7-14-8-4-11(5-9-14)12-3-6-13-10-12;/h1,11-13H,3-10H2;1H. The van der Waals surface area contributed by atoms with E-state index in [-0.39, 0.29) is 12.4 Å². The third kappa shape index (κ3) is 3.38. The maximum atomic E-state index is 5.31. The van der Waals surface area contributed by atoms with Crippen LogP contribution >= 0.6 is 12.4 Å². The van der Waals surface area contributed by atoms with E-state index < -0.39 is 0 Å². The van der Waals surface area contributed by atoms with Gasteiger partial charge in [-0.15, -0.1) is 18.8 Å². The largest absolute Gasteiger partial charge is 0.316 e. The molecular formula is C12H21ClN2. The molecule has 1 N–H and O–H groups in total. The minimum absolute atomic E-state index is 0.